The fourth-order valence-electron chi connectivity index (χ4n) is 10.9. The Morgan fingerprint density at radius 1 is 0.480 bits per heavy atom. The SMILES string of the molecule is CCCCCCCCCCCCCCCCCCCCCCCCCCCCCCCCCCCCCC(=O)NC(COC1OC(CO)C(O)C(OS(=O)(=O)O)C1O)C(O)CCCCCCCCCCCCCCC. The van der Waals surface area contributed by atoms with E-state index in [2.05, 4.69) is 23.3 Å². The van der Waals surface area contributed by atoms with Gasteiger partial charge in [0, 0.05) is 6.42 Å². The van der Waals surface area contributed by atoms with Crippen LogP contribution in [0.3, 0.4) is 0 Å². The van der Waals surface area contributed by atoms with E-state index in [4.69, 9.17) is 9.47 Å². The maximum Gasteiger partial charge on any atom is 0.397 e. The van der Waals surface area contributed by atoms with E-state index in [1.165, 1.54) is 257 Å². The second kappa shape index (κ2) is 52.5. The Hall–Kier alpha value is -0.900. The average Bonchev–Trinajstić information content (AvgIpc) is 3.39. The fraction of sp³-hybridized carbons (Fsp3) is 0.984. The van der Waals surface area contributed by atoms with Crippen molar-refractivity contribution < 1.29 is 51.8 Å². The first-order chi connectivity index (χ1) is 36.5. The predicted molar refractivity (Wildman–Crippen MR) is 310 cm³/mol. The van der Waals surface area contributed by atoms with Crippen LogP contribution in [0.2, 0.25) is 0 Å². The third-order valence-corrected chi connectivity index (χ3v) is 16.4. The first-order valence-electron chi connectivity index (χ1n) is 32.4. The highest BCUT2D eigenvalue weighted by Crippen LogP contribution is 2.27. The zero-order valence-corrected chi connectivity index (χ0v) is 49.7. The standard InChI is InChI=1S/C62H123NO11S/c1-3-5-7-9-11-13-15-17-18-19-20-21-22-23-24-25-26-27-28-29-30-31-32-33-34-35-36-37-38-40-42-44-46-48-50-52-58(66)63-55(56(65)51-49-47-45-43-41-39-16-14-12-10-8-6-4-2)54-72-62-60(68)61(74-75(69,70)71)59(67)57(53-64)73-62/h55-57,59-62,64-65,67-68H,3-54H2,1-2H3,(H,63,66)(H,69,70,71). The van der Waals surface area contributed by atoms with E-state index in [9.17, 15) is 38.2 Å². The fourth-order valence-corrected chi connectivity index (χ4v) is 11.4. The maximum absolute atomic E-state index is 13.2. The van der Waals surface area contributed by atoms with Crippen molar-refractivity contribution in [3.63, 3.8) is 0 Å². The van der Waals surface area contributed by atoms with Crippen LogP contribution in [-0.4, -0.2) is 95.4 Å². The molecule has 12 nitrogen and oxygen atoms in total. The molecule has 1 aliphatic heterocycles. The van der Waals surface area contributed by atoms with E-state index >= 15 is 0 Å². The number of unbranched alkanes of at least 4 members (excludes halogenated alkanes) is 46. The monoisotopic (exact) mass is 1090 g/mol. The van der Waals surface area contributed by atoms with Gasteiger partial charge >= 0.3 is 10.4 Å². The van der Waals surface area contributed by atoms with E-state index in [1.54, 1.807) is 0 Å². The number of hydrogen-bond acceptors (Lipinski definition) is 10. The van der Waals surface area contributed by atoms with Crippen molar-refractivity contribution in [3.8, 4) is 0 Å². The number of rotatable bonds is 58. The largest absolute Gasteiger partial charge is 0.397 e. The summed E-state index contributed by atoms with van der Waals surface area (Å²) in [5, 5.41) is 45.1. The number of nitrogens with one attached hydrogen (secondary N) is 1. The molecule has 7 atom stereocenters. The number of carbonyl (C=O) groups is 1. The smallest absolute Gasteiger partial charge is 0.394 e. The van der Waals surface area contributed by atoms with Crippen LogP contribution in [-0.2, 0) is 28.9 Å². The molecular formula is C62H123NO11S. The van der Waals surface area contributed by atoms with Crippen molar-refractivity contribution in [2.24, 2.45) is 0 Å². The highest BCUT2D eigenvalue weighted by Gasteiger charge is 2.48. The van der Waals surface area contributed by atoms with Gasteiger partial charge in [0.05, 0.1) is 25.4 Å². The maximum atomic E-state index is 13.2. The Morgan fingerprint density at radius 3 is 1.07 bits per heavy atom. The Morgan fingerprint density at radius 2 is 0.773 bits per heavy atom. The number of aliphatic hydroxyl groups is 4. The molecule has 0 radical (unpaired) electrons. The summed E-state index contributed by atoms with van der Waals surface area (Å²) in [7, 11) is -5.08. The molecule has 1 fully saturated rings. The number of aliphatic hydroxyl groups excluding tert-OH is 4. The molecule has 0 spiro atoms. The molecule has 0 saturated carbocycles. The second-order valence-corrected chi connectivity index (χ2v) is 24.1. The molecule has 448 valence electrons. The number of amides is 1. The molecule has 13 heteroatoms. The molecule has 0 aromatic carbocycles. The lowest BCUT2D eigenvalue weighted by atomic mass is 9.99. The minimum Gasteiger partial charge on any atom is -0.394 e. The van der Waals surface area contributed by atoms with Crippen LogP contribution >= 0.6 is 0 Å². The highest BCUT2D eigenvalue weighted by atomic mass is 32.3. The van der Waals surface area contributed by atoms with Gasteiger partial charge in [0.2, 0.25) is 5.91 Å². The zero-order valence-electron chi connectivity index (χ0n) is 48.9. The van der Waals surface area contributed by atoms with Crippen molar-refractivity contribution in [2.45, 2.75) is 378 Å². The third kappa shape index (κ3) is 44.5. The molecule has 1 amide bonds. The minimum absolute atomic E-state index is 0.222. The lowest BCUT2D eigenvalue weighted by Gasteiger charge is -2.41. The van der Waals surface area contributed by atoms with Crippen molar-refractivity contribution in [1.29, 1.82) is 0 Å². The van der Waals surface area contributed by atoms with Gasteiger partial charge in [0.15, 0.2) is 6.29 Å². The molecule has 1 saturated heterocycles. The number of ether oxygens (including phenoxy) is 2. The normalized spacial score (nSPS) is 18.9. The third-order valence-electron chi connectivity index (χ3n) is 15.9. The predicted octanol–water partition coefficient (Wildman–Crippen LogP) is 16.0. The summed E-state index contributed by atoms with van der Waals surface area (Å²) in [6.07, 6.45) is 54.4. The van der Waals surface area contributed by atoms with Crippen LogP contribution in [0.1, 0.15) is 335 Å². The molecule has 1 heterocycles. The summed E-state index contributed by atoms with van der Waals surface area (Å²) in [6.45, 7) is 3.50. The van der Waals surface area contributed by atoms with Crippen LogP contribution in [0.5, 0.6) is 0 Å². The molecule has 0 bridgehead atoms. The Kier molecular flexibility index (Phi) is 50.5. The van der Waals surface area contributed by atoms with Crippen molar-refractivity contribution in [1.82, 2.24) is 5.32 Å². The van der Waals surface area contributed by atoms with E-state index in [-0.39, 0.29) is 12.5 Å². The van der Waals surface area contributed by atoms with Crippen LogP contribution < -0.4 is 5.32 Å². The number of hydrogen-bond donors (Lipinski definition) is 6. The van der Waals surface area contributed by atoms with Crippen molar-refractivity contribution >= 4 is 16.3 Å². The quantitative estimate of drug-likeness (QED) is 0.0251. The Bertz CT molecular complexity index is 1330. The van der Waals surface area contributed by atoms with Crippen LogP contribution in [0.15, 0.2) is 0 Å². The van der Waals surface area contributed by atoms with Crippen LogP contribution in [0.25, 0.3) is 0 Å². The van der Waals surface area contributed by atoms with Gasteiger partial charge in [-0.05, 0) is 12.8 Å². The lowest BCUT2D eigenvalue weighted by Crippen LogP contribution is -2.61. The topological polar surface area (TPSA) is 192 Å². The molecular weight excluding hydrogens is 967 g/mol. The van der Waals surface area contributed by atoms with Gasteiger partial charge in [-0.2, -0.15) is 8.42 Å². The molecule has 1 rings (SSSR count). The zero-order chi connectivity index (χ0) is 54.7. The molecule has 7 unspecified atom stereocenters. The molecule has 0 aliphatic carbocycles. The lowest BCUT2D eigenvalue weighted by molar-refractivity contribution is -0.298. The highest BCUT2D eigenvalue weighted by molar-refractivity contribution is 7.80. The van der Waals surface area contributed by atoms with Crippen molar-refractivity contribution in [2.75, 3.05) is 13.2 Å². The first-order valence-corrected chi connectivity index (χ1v) is 33.8. The summed E-state index contributed by atoms with van der Waals surface area (Å²) in [5.74, 6) is -0.222. The van der Waals surface area contributed by atoms with Gasteiger partial charge in [0.25, 0.3) is 0 Å². The Labute approximate surface area is 462 Å². The van der Waals surface area contributed by atoms with E-state index < -0.39 is 59.9 Å². The minimum atomic E-state index is -5.08. The summed E-state index contributed by atoms with van der Waals surface area (Å²) in [5.41, 5.74) is 0. The summed E-state index contributed by atoms with van der Waals surface area (Å²) in [4.78, 5) is 13.2. The first kappa shape index (κ1) is 72.1. The van der Waals surface area contributed by atoms with Gasteiger partial charge in [-0.3, -0.25) is 9.35 Å². The Balaban J connectivity index is 2.14. The molecule has 0 aromatic heterocycles. The van der Waals surface area contributed by atoms with Gasteiger partial charge in [-0.1, -0.05) is 316 Å². The van der Waals surface area contributed by atoms with E-state index in [0.29, 0.717) is 12.8 Å². The van der Waals surface area contributed by atoms with Crippen LogP contribution in [0, 0.1) is 0 Å². The van der Waals surface area contributed by atoms with Crippen LogP contribution in [0.4, 0.5) is 0 Å². The van der Waals surface area contributed by atoms with Gasteiger partial charge < -0.3 is 35.2 Å². The summed E-state index contributed by atoms with van der Waals surface area (Å²) < 4.78 is 47.9. The molecule has 0 aromatic rings. The molecule has 1 aliphatic rings. The van der Waals surface area contributed by atoms with E-state index in [0.717, 1.165) is 51.4 Å². The summed E-state index contributed by atoms with van der Waals surface area (Å²) >= 11 is 0. The number of carbonyl (C=O) groups excluding carboxylic acids is 1. The van der Waals surface area contributed by atoms with Gasteiger partial charge in [-0.15, -0.1) is 0 Å². The second-order valence-electron chi connectivity index (χ2n) is 23.1. The van der Waals surface area contributed by atoms with Gasteiger partial charge in [-0.25, -0.2) is 4.18 Å². The summed E-state index contributed by atoms with van der Waals surface area (Å²) in [6, 6.07) is -0.853. The molecule has 75 heavy (non-hydrogen) atoms. The molecule has 6 N–H and O–H groups in total. The van der Waals surface area contributed by atoms with E-state index in [1.807, 2.05) is 0 Å². The van der Waals surface area contributed by atoms with Gasteiger partial charge in [0.1, 0.15) is 24.4 Å². The van der Waals surface area contributed by atoms with Crippen molar-refractivity contribution in [3.05, 3.63) is 0 Å². The average molecular weight is 1090 g/mol.